The maximum atomic E-state index is 10.7. The Balaban J connectivity index is 1.89. The molecular weight excluding hydrogens is 264 g/mol. The number of carboxylic acids is 1. The summed E-state index contributed by atoms with van der Waals surface area (Å²) in [6.45, 7) is 0. The molecule has 94 valence electrons. The third-order valence-corrected chi connectivity index (χ3v) is 3.25. The average molecular weight is 272 g/mol. The highest BCUT2D eigenvalue weighted by molar-refractivity contribution is 7.99. The summed E-state index contributed by atoms with van der Waals surface area (Å²) in [5, 5.41) is 9.91. The van der Waals surface area contributed by atoms with E-state index in [0.29, 0.717) is 10.1 Å². The van der Waals surface area contributed by atoms with E-state index < -0.39 is 5.97 Å². The molecule has 0 fully saturated rings. The highest BCUT2D eigenvalue weighted by Gasteiger charge is 2.10. The number of carboxylic acid groups (broad SMARTS) is 1. The van der Waals surface area contributed by atoms with Crippen LogP contribution in [-0.2, 0) is 0 Å². The maximum Gasteiger partial charge on any atom is 0.371 e. The maximum absolute atomic E-state index is 10.7. The topological polar surface area (TPSA) is 76.2 Å². The van der Waals surface area contributed by atoms with Crippen LogP contribution < -0.4 is 0 Å². The molecule has 0 bridgehead atoms. The molecule has 2 aromatic heterocycles. The molecule has 1 N–H and O–H groups in total. The van der Waals surface area contributed by atoms with Crippen molar-refractivity contribution >= 4 is 28.8 Å². The molecule has 0 aliphatic carbocycles. The van der Waals surface area contributed by atoms with Gasteiger partial charge in [-0.25, -0.2) is 9.78 Å². The number of aromatic carboxylic acids is 1. The van der Waals surface area contributed by atoms with Crippen molar-refractivity contribution in [2.24, 2.45) is 0 Å². The molecule has 2 heterocycles. The van der Waals surface area contributed by atoms with Gasteiger partial charge in [0.25, 0.3) is 0 Å². The van der Waals surface area contributed by atoms with Crippen LogP contribution in [0.15, 0.2) is 57.1 Å². The number of para-hydroxylation sites is 2. The monoisotopic (exact) mass is 272 g/mol. The molecule has 3 aromatic rings. The van der Waals surface area contributed by atoms with Crippen LogP contribution in [0.1, 0.15) is 10.6 Å². The van der Waals surface area contributed by atoms with Gasteiger partial charge in [0.05, 0.1) is 17.2 Å². The van der Waals surface area contributed by atoms with Crippen molar-refractivity contribution in [1.29, 1.82) is 0 Å². The van der Waals surface area contributed by atoms with E-state index in [1.165, 1.54) is 17.8 Å². The van der Waals surface area contributed by atoms with Gasteiger partial charge in [0.1, 0.15) is 5.03 Å². The largest absolute Gasteiger partial charge is 0.475 e. The Labute approximate surface area is 112 Å². The van der Waals surface area contributed by atoms with Gasteiger partial charge in [0.15, 0.2) is 5.09 Å². The lowest BCUT2D eigenvalue weighted by Crippen LogP contribution is -1.91. The molecule has 0 unspecified atom stereocenters. The van der Waals surface area contributed by atoms with Gasteiger partial charge in [-0.2, -0.15) is 0 Å². The Hall–Kier alpha value is -2.34. The lowest BCUT2D eigenvalue weighted by Gasteiger charge is -1.99. The third-order valence-electron chi connectivity index (χ3n) is 2.42. The first-order valence-corrected chi connectivity index (χ1v) is 6.27. The van der Waals surface area contributed by atoms with E-state index >= 15 is 0 Å². The van der Waals surface area contributed by atoms with Crippen molar-refractivity contribution in [3.63, 3.8) is 0 Å². The predicted octanol–water partition coefficient (Wildman–Crippen LogP) is 3.07. The molecule has 5 nitrogen and oxygen atoms in total. The Bertz CT molecular complexity index is 754. The van der Waals surface area contributed by atoms with Crippen molar-refractivity contribution in [2.45, 2.75) is 10.1 Å². The summed E-state index contributed by atoms with van der Waals surface area (Å²) >= 11 is 1.24. The quantitative estimate of drug-likeness (QED) is 0.789. The Morgan fingerprint density at radius 2 is 1.95 bits per heavy atom. The van der Waals surface area contributed by atoms with Gasteiger partial charge in [-0.05, 0) is 36.0 Å². The van der Waals surface area contributed by atoms with E-state index in [4.69, 9.17) is 9.52 Å². The molecule has 1 aromatic carbocycles. The number of rotatable bonds is 3. The molecule has 0 spiro atoms. The average Bonchev–Trinajstić information content (AvgIpc) is 2.87. The summed E-state index contributed by atoms with van der Waals surface area (Å²) in [5.74, 6) is -1.17. The zero-order valence-electron chi connectivity index (χ0n) is 9.61. The van der Waals surface area contributed by atoms with Crippen molar-refractivity contribution in [2.75, 3.05) is 0 Å². The molecule has 0 amide bonds. The molecule has 3 rings (SSSR count). The molecule has 0 saturated heterocycles. The summed E-state index contributed by atoms with van der Waals surface area (Å²) in [6.07, 6.45) is 1.63. The van der Waals surface area contributed by atoms with Crippen molar-refractivity contribution in [1.82, 2.24) is 9.97 Å². The van der Waals surface area contributed by atoms with Gasteiger partial charge < -0.3 is 9.52 Å². The number of hydrogen-bond acceptors (Lipinski definition) is 5. The second-order valence-corrected chi connectivity index (χ2v) is 4.75. The number of nitrogens with zero attached hydrogens (tertiary/aromatic N) is 2. The number of benzene rings is 1. The molecule has 0 saturated carbocycles. The number of carbonyl (C=O) groups is 1. The summed E-state index contributed by atoms with van der Waals surface area (Å²) < 4.78 is 5.16. The third kappa shape index (κ3) is 2.43. The molecule has 0 aliphatic rings. The van der Waals surface area contributed by atoms with Gasteiger partial charge in [0, 0.05) is 0 Å². The van der Waals surface area contributed by atoms with E-state index in [2.05, 4.69) is 9.97 Å². The fourth-order valence-corrected chi connectivity index (χ4v) is 2.31. The van der Waals surface area contributed by atoms with Crippen molar-refractivity contribution < 1.29 is 14.3 Å². The van der Waals surface area contributed by atoms with E-state index in [1.54, 1.807) is 12.3 Å². The Morgan fingerprint density at radius 1 is 1.16 bits per heavy atom. The fourth-order valence-electron chi connectivity index (χ4n) is 1.58. The first-order valence-electron chi connectivity index (χ1n) is 5.45. The van der Waals surface area contributed by atoms with Crippen molar-refractivity contribution in [3.8, 4) is 0 Å². The fraction of sp³-hybridized carbons (Fsp3) is 0. The van der Waals surface area contributed by atoms with Crippen LogP contribution >= 0.6 is 11.8 Å². The molecule has 6 heteroatoms. The van der Waals surface area contributed by atoms with Gasteiger partial charge in [-0.1, -0.05) is 12.1 Å². The van der Waals surface area contributed by atoms with Gasteiger partial charge in [-0.3, -0.25) is 4.98 Å². The van der Waals surface area contributed by atoms with Crippen LogP contribution in [0.25, 0.3) is 11.0 Å². The van der Waals surface area contributed by atoms with Crippen LogP contribution in [0.2, 0.25) is 0 Å². The lowest BCUT2D eigenvalue weighted by atomic mass is 10.3. The first-order chi connectivity index (χ1) is 9.22. The SMILES string of the molecule is O=C(O)c1ccc(Sc2cnc3ccccc3n2)o1. The minimum Gasteiger partial charge on any atom is -0.475 e. The number of fused-ring (bicyclic) bond motifs is 1. The normalized spacial score (nSPS) is 10.7. The van der Waals surface area contributed by atoms with E-state index in [-0.39, 0.29) is 5.76 Å². The molecule has 0 radical (unpaired) electrons. The number of furan rings is 1. The summed E-state index contributed by atoms with van der Waals surface area (Å²) in [4.78, 5) is 19.4. The molecule has 19 heavy (non-hydrogen) atoms. The first kappa shape index (κ1) is 11.7. The van der Waals surface area contributed by atoms with Crippen LogP contribution in [0, 0.1) is 0 Å². The summed E-state index contributed by atoms with van der Waals surface area (Å²) in [7, 11) is 0. The standard InChI is InChI=1S/C13H8N2O3S/c16-13(17)10-5-6-12(18-10)19-11-7-14-8-3-1-2-4-9(8)15-11/h1-7H,(H,16,17). The van der Waals surface area contributed by atoms with Crippen LogP contribution in [0.5, 0.6) is 0 Å². The van der Waals surface area contributed by atoms with Crippen molar-refractivity contribution in [3.05, 3.63) is 48.4 Å². The smallest absolute Gasteiger partial charge is 0.371 e. The zero-order valence-corrected chi connectivity index (χ0v) is 10.4. The van der Waals surface area contributed by atoms with Gasteiger partial charge in [0.2, 0.25) is 5.76 Å². The van der Waals surface area contributed by atoms with Gasteiger partial charge >= 0.3 is 5.97 Å². The van der Waals surface area contributed by atoms with Crippen LogP contribution in [0.4, 0.5) is 0 Å². The molecule has 0 aliphatic heterocycles. The molecule has 0 atom stereocenters. The minimum atomic E-state index is -1.09. The Morgan fingerprint density at radius 3 is 2.68 bits per heavy atom. The molecular formula is C13H8N2O3S. The predicted molar refractivity (Wildman–Crippen MR) is 69.3 cm³/mol. The minimum absolute atomic E-state index is 0.0868. The van der Waals surface area contributed by atoms with E-state index in [9.17, 15) is 4.79 Å². The second-order valence-electron chi connectivity index (χ2n) is 3.72. The summed E-state index contributed by atoms with van der Waals surface area (Å²) in [5.41, 5.74) is 1.61. The zero-order chi connectivity index (χ0) is 13.2. The highest BCUT2D eigenvalue weighted by atomic mass is 32.2. The highest BCUT2D eigenvalue weighted by Crippen LogP contribution is 2.28. The lowest BCUT2D eigenvalue weighted by molar-refractivity contribution is 0.0656. The van der Waals surface area contributed by atoms with Crippen LogP contribution in [-0.4, -0.2) is 21.0 Å². The number of hydrogen-bond donors (Lipinski definition) is 1. The van der Waals surface area contributed by atoms with E-state index in [1.807, 2.05) is 24.3 Å². The summed E-state index contributed by atoms with van der Waals surface area (Å²) in [6, 6.07) is 10.6. The Kier molecular flexibility index (Phi) is 2.92. The van der Waals surface area contributed by atoms with E-state index in [0.717, 1.165) is 11.0 Å². The van der Waals surface area contributed by atoms with Gasteiger partial charge in [-0.15, -0.1) is 0 Å². The second kappa shape index (κ2) is 4.74. The number of aromatic nitrogens is 2. The van der Waals surface area contributed by atoms with Crippen LogP contribution in [0.3, 0.4) is 0 Å².